The number of aromatic nitrogens is 2. The summed E-state index contributed by atoms with van der Waals surface area (Å²) in [5, 5.41) is 9.69. The van der Waals surface area contributed by atoms with Crippen LogP contribution in [0.5, 0.6) is 5.75 Å². The molecule has 0 amide bonds. The summed E-state index contributed by atoms with van der Waals surface area (Å²) in [6.07, 6.45) is 1.46. The smallest absolute Gasteiger partial charge is 0.309 e. The fraction of sp³-hybridized carbons (Fsp3) is 0.176. The standard InChI is InChI=1S/C17H14ClFN2O3/c18-12-3-6-15-20-17(14(9-16(22)23)21(15)10-12)11-1-4-13(5-2-11)24-8-7-19/h1-6,10H,7-9H2,(H,22,23). The fourth-order valence-electron chi connectivity index (χ4n) is 2.48. The van der Waals surface area contributed by atoms with Gasteiger partial charge in [-0.05, 0) is 36.4 Å². The highest BCUT2D eigenvalue weighted by Crippen LogP contribution is 2.27. The third-order valence-corrected chi connectivity index (χ3v) is 3.70. The number of aliphatic carboxylic acids is 1. The predicted molar refractivity (Wildman–Crippen MR) is 88.4 cm³/mol. The molecule has 1 N–H and O–H groups in total. The number of carboxylic acid groups (broad SMARTS) is 1. The Morgan fingerprint density at radius 1 is 1.25 bits per heavy atom. The number of ether oxygens (including phenoxy) is 1. The Kier molecular flexibility index (Phi) is 4.66. The van der Waals surface area contributed by atoms with Crippen LogP contribution in [0.4, 0.5) is 4.39 Å². The van der Waals surface area contributed by atoms with Crippen LogP contribution in [0.15, 0.2) is 42.6 Å². The lowest BCUT2D eigenvalue weighted by molar-refractivity contribution is -0.136. The van der Waals surface area contributed by atoms with Gasteiger partial charge in [0.25, 0.3) is 0 Å². The number of carbonyl (C=O) groups is 1. The van der Waals surface area contributed by atoms with Gasteiger partial charge in [-0.25, -0.2) is 9.37 Å². The van der Waals surface area contributed by atoms with Gasteiger partial charge in [-0.15, -0.1) is 0 Å². The Bertz CT molecular complexity index is 877. The summed E-state index contributed by atoms with van der Waals surface area (Å²) in [7, 11) is 0. The van der Waals surface area contributed by atoms with E-state index in [0.29, 0.717) is 27.8 Å². The van der Waals surface area contributed by atoms with Crippen LogP contribution in [0, 0.1) is 0 Å². The molecule has 0 aliphatic heterocycles. The molecular weight excluding hydrogens is 335 g/mol. The number of nitrogens with zero attached hydrogens (tertiary/aromatic N) is 2. The van der Waals surface area contributed by atoms with Crippen molar-refractivity contribution in [1.29, 1.82) is 0 Å². The maximum Gasteiger partial charge on any atom is 0.309 e. The molecule has 24 heavy (non-hydrogen) atoms. The van der Waals surface area contributed by atoms with E-state index in [1.807, 2.05) is 0 Å². The second kappa shape index (κ2) is 6.88. The second-order valence-electron chi connectivity index (χ2n) is 5.11. The normalized spacial score (nSPS) is 10.9. The highest BCUT2D eigenvalue weighted by molar-refractivity contribution is 6.30. The molecule has 0 saturated heterocycles. The van der Waals surface area contributed by atoms with Crippen molar-refractivity contribution in [2.75, 3.05) is 13.3 Å². The molecule has 124 valence electrons. The molecule has 0 aliphatic carbocycles. The van der Waals surface area contributed by atoms with Crippen LogP contribution >= 0.6 is 11.6 Å². The molecule has 2 aromatic heterocycles. The van der Waals surface area contributed by atoms with E-state index >= 15 is 0 Å². The number of pyridine rings is 1. The predicted octanol–water partition coefficient (Wildman–Crippen LogP) is 3.63. The number of imidazole rings is 1. The van der Waals surface area contributed by atoms with Crippen LogP contribution in [0.25, 0.3) is 16.9 Å². The first kappa shape index (κ1) is 16.3. The zero-order valence-electron chi connectivity index (χ0n) is 12.6. The van der Waals surface area contributed by atoms with E-state index in [9.17, 15) is 14.3 Å². The zero-order valence-corrected chi connectivity index (χ0v) is 13.3. The third kappa shape index (κ3) is 3.33. The first-order chi connectivity index (χ1) is 11.6. The summed E-state index contributed by atoms with van der Waals surface area (Å²) in [5.41, 5.74) is 2.47. The maximum atomic E-state index is 12.1. The molecule has 0 radical (unpaired) electrons. The van der Waals surface area contributed by atoms with Gasteiger partial charge in [0, 0.05) is 11.8 Å². The lowest BCUT2D eigenvalue weighted by atomic mass is 10.1. The average molecular weight is 349 g/mol. The molecule has 3 rings (SSSR count). The van der Waals surface area contributed by atoms with Crippen LogP contribution in [-0.2, 0) is 11.2 Å². The minimum Gasteiger partial charge on any atom is -0.491 e. The van der Waals surface area contributed by atoms with Crippen LogP contribution in [0.2, 0.25) is 5.02 Å². The summed E-state index contributed by atoms with van der Waals surface area (Å²) in [6.45, 7) is -0.561. The minimum atomic E-state index is -0.957. The van der Waals surface area contributed by atoms with Crippen molar-refractivity contribution >= 4 is 23.2 Å². The molecule has 0 saturated carbocycles. The van der Waals surface area contributed by atoms with Crippen LogP contribution < -0.4 is 4.74 Å². The van der Waals surface area contributed by atoms with E-state index < -0.39 is 12.6 Å². The first-order valence-corrected chi connectivity index (χ1v) is 7.64. The molecule has 5 nitrogen and oxygen atoms in total. The number of halogens is 2. The highest BCUT2D eigenvalue weighted by Gasteiger charge is 2.17. The van der Waals surface area contributed by atoms with Gasteiger partial charge in [-0.1, -0.05) is 11.6 Å². The fourth-order valence-corrected chi connectivity index (χ4v) is 2.64. The SMILES string of the molecule is O=C(O)Cc1c(-c2ccc(OCCF)cc2)nc2ccc(Cl)cn12. The Hall–Kier alpha value is -2.60. The van der Waals surface area contributed by atoms with Crippen LogP contribution in [0.3, 0.4) is 0 Å². The highest BCUT2D eigenvalue weighted by atomic mass is 35.5. The topological polar surface area (TPSA) is 63.8 Å². The van der Waals surface area contributed by atoms with E-state index in [1.165, 1.54) is 0 Å². The molecule has 0 atom stereocenters. The molecule has 0 fully saturated rings. The minimum absolute atomic E-state index is 0.00350. The average Bonchev–Trinajstić information content (AvgIpc) is 2.91. The summed E-state index contributed by atoms with van der Waals surface area (Å²) >= 11 is 6.01. The molecule has 1 aromatic carbocycles. The summed E-state index contributed by atoms with van der Waals surface area (Å²) in [4.78, 5) is 15.7. The van der Waals surface area contributed by atoms with Crippen LogP contribution in [0.1, 0.15) is 5.69 Å². The van der Waals surface area contributed by atoms with Gasteiger partial charge in [-0.2, -0.15) is 0 Å². The Labute approximate surface area is 142 Å². The van der Waals surface area contributed by atoms with Crippen molar-refractivity contribution in [1.82, 2.24) is 9.38 Å². The number of hydrogen-bond acceptors (Lipinski definition) is 3. The molecule has 7 heteroatoms. The number of rotatable bonds is 6. The molecule has 0 bridgehead atoms. The van der Waals surface area contributed by atoms with Crippen molar-refractivity contribution in [3.63, 3.8) is 0 Å². The van der Waals surface area contributed by atoms with E-state index in [2.05, 4.69) is 4.98 Å². The quantitative estimate of drug-likeness (QED) is 0.738. The summed E-state index contributed by atoms with van der Waals surface area (Å²) in [5.74, 6) is -0.413. The molecule has 0 unspecified atom stereocenters. The molecule has 3 aromatic rings. The monoisotopic (exact) mass is 348 g/mol. The van der Waals surface area contributed by atoms with Crippen molar-refractivity contribution in [2.24, 2.45) is 0 Å². The van der Waals surface area contributed by atoms with Gasteiger partial charge in [-0.3, -0.25) is 4.79 Å². The molecule has 0 aliphatic rings. The lowest BCUT2D eigenvalue weighted by Crippen LogP contribution is -2.04. The van der Waals surface area contributed by atoms with Crippen molar-refractivity contribution in [3.8, 4) is 17.0 Å². The molecule has 0 spiro atoms. The number of alkyl halides is 1. The largest absolute Gasteiger partial charge is 0.491 e. The van der Waals surface area contributed by atoms with Gasteiger partial charge < -0.3 is 14.2 Å². The van der Waals surface area contributed by atoms with Crippen LogP contribution in [-0.4, -0.2) is 33.7 Å². The number of hydrogen-bond donors (Lipinski definition) is 1. The van der Waals surface area contributed by atoms with Gasteiger partial charge in [0.1, 0.15) is 24.7 Å². The Morgan fingerprint density at radius 2 is 2.00 bits per heavy atom. The summed E-state index contributed by atoms with van der Waals surface area (Å²) in [6, 6.07) is 10.4. The van der Waals surface area contributed by atoms with Crippen molar-refractivity contribution in [2.45, 2.75) is 6.42 Å². The van der Waals surface area contributed by atoms with Gasteiger partial charge in [0.05, 0.1) is 22.8 Å². The van der Waals surface area contributed by atoms with Gasteiger partial charge in [0.15, 0.2) is 0 Å². The second-order valence-corrected chi connectivity index (χ2v) is 5.55. The van der Waals surface area contributed by atoms with Crippen molar-refractivity contribution < 1.29 is 19.0 Å². The van der Waals surface area contributed by atoms with Crippen molar-refractivity contribution in [3.05, 3.63) is 53.3 Å². The van der Waals surface area contributed by atoms with E-state index in [1.54, 1.807) is 47.0 Å². The Balaban J connectivity index is 2.05. The lowest BCUT2D eigenvalue weighted by Gasteiger charge is -2.06. The zero-order chi connectivity index (χ0) is 17.1. The Morgan fingerprint density at radius 3 is 2.67 bits per heavy atom. The molecular formula is C17H14ClFN2O3. The summed E-state index contributed by atoms with van der Waals surface area (Å²) < 4.78 is 19.0. The third-order valence-electron chi connectivity index (χ3n) is 3.47. The van der Waals surface area contributed by atoms with E-state index in [-0.39, 0.29) is 13.0 Å². The van der Waals surface area contributed by atoms with Gasteiger partial charge >= 0.3 is 5.97 Å². The maximum absolute atomic E-state index is 12.1. The van der Waals surface area contributed by atoms with E-state index in [0.717, 1.165) is 5.56 Å². The number of fused-ring (bicyclic) bond motifs is 1. The number of carboxylic acids is 1. The molecule has 2 heterocycles. The van der Waals surface area contributed by atoms with E-state index in [4.69, 9.17) is 16.3 Å². The first-order valence-electron chi connectivity index (χ1n) is 7.26. The van der Waals surface area contributed by atoms with Gasteiger partial charge in [0.2, 0.25) is 0 Å². The number of benzene rings is 1.